The van der Waals surface area contributed by atoms with E-state index in [-0.39, 0.29) is 11.7 Å². The number of hydrogen-bond acceptors (Lipinski definition) is 3. The van der Waals surface area contributed by atoms with Crippen LogP contribution >= 0.6 is 15.9 Å². The molecule has 82 valence electrons. The molecule has 0 amide bonds. The lowest BCUT2D eigenvalue weighted by Crippen LogP contribution is -2.36. The van der Waals surface area contributed by atoms with E-state index in [1.807, 2.05) is 32.0 Å². The van der Waals surface area contributed by atoms with Gasteiger partial charge in [-0.1, -0.05) is 19.9 Å². The summed E-state index contributed by atoms with van der Waals surface area (Å²) in [6.45, 7) is 3.88. The van der Waals surface area contributed by atoms with Gasteiger partial charge in [-0.2, -0.15) is 0 Å². The number of hydrogen-bond donors (Lipinski definition) is 1. The van der Waals surface area contributed by atoms with Crippen LogP contribution < -0.4 is 5.73 Å². The minimum absolute atomic E-state index is 0.0376. The minimum atomic E-state index is -0.397. The Balaban J connectivity index is 2.66. The fraction of sp³-hybridized carbons (Fsp3) is 0.455. The molecule has 0 aliphatic carbocycles. The van der Waals surface area contributed by atoms with E-state index in [2.05, 4.69) is 20.9 Å². The third-order valence-corrected chi connectivity index (χ3v) is 2.66. The lowest BCUT2D eigenvalue weighted by atomic mass is 9.98. The van der Waals surface area contributed by atoms with Gasteiger partial charge < -0.3 is 5.73 Å². The number of carbonyl (C=O) groups is 1. The van der Waals surface area contributed by atoms with Crippen molar-refractivity contribution in [1.29, 1.82) is 0 Å². The number of pyridine rings is 1. The normalized spacial score (nSPS) is 12.9. The van der Waals surface area contributed by atoms with Gasteiger partial charge in [0, 0.05) is 5.69 Å². The van der Waals surface area contributed by atoms with Crippen molar-refractivity contribution in [2.24, 2.45) is 11.7 Å². The van der Waals surface area contributed by atoms with Crippen LogP contribution in [0.4, 0.5) is 0 Å². The van der Waals surface area contributed by atoms with E-state index in [9.17, 15) is 4.79 Å². The van der Waals surface area contributed by atoms with Crippen molar-refractivity contribution in [3.63, 3.8) is 0 Å². The number of nitrogens with two attached hydrogens (primary N) is 1. The number of nitrogens with zero attached hydrogens (tertiary/aromatic N) is 1. The highest BCUT2D eigenvalue weighted by Crippen LogP contribution is 2.09. The minimum Gasteiger partial charge on any atom is -0.321 e. The topological polar surface area (TPSA) is 56.0 Å². The predicted molar refractivity (Wildman–Crippen MR) is 63.5 cm³/mol. The monoisotopic (exact) mass is 270 g/mol. The Labute approximate surface area is 98.2 Å². The van der Waals surface area contributed by atoms with Crippen molar-refractivity contribution in [3.05, 3.63) is 28.5 Å². The van der Waals surface area contributed by atoms with Crippen LogP contribution in [-0.4, -0.2) is 16.8 Å². The molecule has 15 heavy (non-hydrogen) atoms. The van der Waals surface area contributed by atoms with Gasteiger partial charge in [-0.25, -0.2) is 4.98 Å². The Morgan fingerprint density at radius 3 is 2.73 bits per heavy atom. The molecule has 0 unspecified atom stereocenters. The van der Waals surface area contributed by atoms with Crippen molar-refractivity contribution in [3.8, 4) is 0 Å². The van der Waals surface area contributed by atoms with Crippen LogP contribution in [0.25, 0.3) is 0 Å². The molecule has 0 fully saturated rings. The SMILES string of the molecule is CC(C)[C@@H](N)C(=O)Cc1cccc(Br)n1. The van der Waals surface area contributed by atoms with Crippen LogP contribution in [0.1, 0.15) is 19.5 Å². The lowest BCUT2D eigenvalue weighted by Gasteiger charge is -2.13. The highest BCUT2D eigenvalue weighted by Gasteiger charge is 2.17. The van der Waals surface area contributed by atoms with E-state index in [0.29, 0.717) is 6.42 Å². The molecule has 0 aliphatic heterocycles. The summed E-state index contributed by atoms with van der Waals surface area (Å²) in [4.78, 5) is 15.9. The molecule has 1 atom stereocenters. The number of halogens is 1. The van der Waals surface area contributed by atoms with Gasteiger partial charge in [-0.15, -0.1) is 0 Å². The zero-order valence-corrected chi connectivity index (χ0v) is 10.5. The van der Waals surface area contributed by atoms with Crippen LogP contribution in [-0.2, 0) is 11.2 Å². The molecule has 0 bridgehead atoms. The summed E-state index contributed by atoms with van der Waals surface area (Å²) < 4.78 is 0.742. The average Bonchev–Trinajstić information content (AvgIpc) is 2.16. The second-order valence-corrected chi connectivity index (χ2v) is 4.68. The van der Waals surface area contributed by atoms with Crippen LogP contribution in [0.5, 0.6) is 0 Å². The molecule has 1 rings (SSSR count). The highest BCUT2D eigenvalue weighted by molar-refractivity contribution is 9.10. The van der Waals surface area contributed by atoms with Crippen LogP contribution in [0, 0.1) is 5.92 Å². The van der Waals surface area contributed by atoms with Gasteiger partial charge in [0.25, 0.3) is 0 Å². The predicted octanol–water partition coefficient (Wildman–Crippen LogP) is 1.94. The molecule has 0 saturated heterocycles. The first kappa shape index (κ1) is 12.3. The van der Waals surface area contributed by atoms with Gasteiger partial charge in [0.2, 0.25) is 0 Å². The van der Waals surface area contributed by atoms with Crippen molar-refractivity contribution in [2.45, 2.75) is 26.3 Å². The van der Waals surface area contributed by atoms with Crippen molar-refractivity contribution in [2.75, 3.05) is 0 Å². The standard InChI is InChI=1S/C11H15BrN2O/c1-7(2)11(13)9(15)6-8-4-3-5-10(12)14-8/h3-5,7,11H,6,13H2,1-2H3/t11-/m1/s1. The van der Waals surface area contributed by atoms with Crippen molar-refractivity contribution < 1.29 is 4.79 Å². The van der Waals surface area contributed by atoms with Gasteiger partial charge in [-0.05, 0) is 34.0 Å². The molecule has 0 saturated carbocycles. The summed E-state index contributed by atoms with van der Waals surface area (Å²) in [5.41, 5.74) is 6.51. The maximum Gasteiger partial charge on any atom is 0.155 e. The van der Waals surface area contributed by atoms with E-state index >= 15 is 0 Å². The Morgan fingerprint density at radius 1 is 1.53 bits per heavy atom. The van der Waals surface area contributed by atoms with E-state index < -0.39 is 6.04 Å². The zero-order valence-electron chi connectivity index (χ0n) is 8.90. The van der Waals surface area contributed by atoms with Gasteiger partial charge in [0.05, 0.1) is 12.5 Å². The smallest absolute Gasteiger partial charge is 0.155 e. The summed E-state index contributed by atoms with van der Waals surface area (Å²) >= 11 is 3.26. The molecule has 2 N–H and O–H groups in total. The molecule has 0 radical (unpaired) electrons. The van der Waals surface area contributed by atoms with E-state index in [1.165, 1.54) is 0 Å². The molecule has 3 nitrogen and oxygen atoms in total. The maximum atomic E-state index is 11.7. The molecule has 0 aromatic carbocycles. The number of aromatic nitrogens is 1. The molecular formula is C11H15BrN2O. The summed E-state index contributed by atoms with van der Waals surface area (Å²) in [5, 5.41) is 0. The van der Waals surface area contributed by atoms with E-state index in [0.717, 1.165) is 10.3 Å². The van der Waals surface area contributed by atoms with Crippen LogP contribution in [0.2, 0.25) is 0 Å². The second kappa shape index (κ2) is 5.37. The van der Waals surface area contributed by atoms with Gasteiger partial charge >= 0.3 is 0 Å². The van der Waals surface area contributed by atoms with Gasteiger partial charge in [0.1, 0.15) is 4.60 Å². The molecule has 0 aliphatic rings. The maximum absolute atomic E-state index is 11.7. The quantitative estimate of drug-likeness (QED) is 0.851. The Hall–Kier alpha value is -0.740. The van der Waals surface area contributed by atoms with Gasteiger partial charge in [-0.3, -0.25) is 4.79 Å². The Morgan fingerprint density at radius 2 is 2.20 bits per heavy atom. The van der Waals surface area contributed by atoms with Crippen molar-refractivity contribution in [1.82, 2.24) is 4.98 Å². The Kier molecular flexibility index (Phi) is 4.42. The first-order valence-electron chi connectivity index (χ1n) is 4.90. The molecule has 1 heterocycles. The molecule has 0 spiro atoms. The number of carbonyl (C=O) groups excluding carboxylic acids is 1. The van der Waals surface area contributed by atoms with Gasteiger partial charge in [0.15, 0.2) is 5.78 Å². The number of rotatable bonds is 4. The number of ketones is 1. The fourth-order valence-electron chi connectivity index (χ4n) is 1.22. The second-order valence-electron chi connectivity index (χ2n) is 3.86. The first-order valence-corrected chi connectivity index (χ1v) is 5.69. The third-order valence-electron chi connectivity index (χ3n) is 2.22. The zero-order chi connectivity index (χ0) is 11.4. The molecule has 1 aromatic heterocycles. The number of Topliss-reactive ketones (excluding diaryl/α,β-unsaturated/α-hetero) is 1. The average molecular weight is 271 g/mol. The van der Waals surface area contributed by atoms with E-state index in [1.54, 1.807) is 0 Å². The first-order chi connectivity index (χ1) is 7.00. The summed E-state index contributed by atoms with van der Waals surface area (Å²) in [6.07, 6.45) is 0.304. The van der Waals surface area contributed by atoms with Crippen LogP contribution in [0.3, 0.4) is 0 Å². The Bertz CT molecular complexity index is 352. The summed E-state index contributed by atoms with van der Waals surface area (Å²) in [5.74, 6) is 0.209. The largest absolute Gasteiger partial charge is 0.321 e. The lowest BCUT2D eigenvalue weighted by molar-refractivity contribution is -0.120. The molecule has 4 heteroatoms. The van der Waals surface area contributed by atoms with E-state index in [4.69, 9.17) is 5.73 Å². The molecular weight excluding hydrogens is 256 g/mol. The summed E-state index contributed by atoms with van der Waals surface area (Å²) in [6, 6.07) is 5.12. The third kappa shape index (κ3) is 3.72. The fourth-order valence-corrected chi connectivity index (χ4v) is 1.60. The van der Waals surface area contributed by atoms with Crippen LogP contribution in [0.15, 0.2) is 22.8 Å². The van der Waals surface area contributed by atoms with Crippen molar-refractivity contribution >= 4 is 21.7 Å². The summed E-state index contributed by atoms with van der Waals surface area (Å²) in [7, 11) is 0. The molecule has 1 aromatic rings. The highest BCUT2D eigenvalue weighted by atomic mass is 79.9.